The molecule has 0 atom stereocenters. The van der Waals surface area contributed by atoms with Crippen molar-refractivity contribution in [2.75, 3.05) is 20.1 Å². The molecule has 0 spiro atoms. The van der Waals surface area contributed by atoms with Crippen molar-refractivity contribution in [2.45, 2.75) is 25.4 Å². The summed E-state index contributed by atoms with van der Waals surface area (Å²) in [5.74, 6) is -0.272. The first kappa shape index (κ1) is 16.5. The number of unbranched alkanes of at least 4 members (excludes halogenated alkanes) is 2. The molecule has 1 aromatic carbocycles. The average molecular weight is 288 g/mol. The van der Waals surface area contributed by atoms with Gasteiger partial charge in [0.1, 0.15) is 0 Å². The zero-order valence-electron chi connectivity index (χ0n) is 11.4. The molecule has 112 valence electrons. The van der Waals surface area contributed by atoms with Crippen LogP contribution < -0.4 is 5.73 Å². The Balaban J connectivity index is 2.59. The summed E-state index contributed by atoms with van der Waals surface area (Å²) in [6.07, 6.45) is -1.71. The Morgan fingerprint density at radius 3 is 2.25 bits per heavy atom. The van der Waals surface area contributed by atoms with E-state index in [0.29, 0.717) is 13.1 Å². The Hall–Kier alpha value is -1.56. The van der Waals surface area contributed by atoms with Gasteiger partial charge in [0.2, 0.25) is 0 Å². The molecule has 3 nitrogen and oxygen atoms in total. The maximum absolute atomic E-state index is 12.4. The fraction of sp³-hybridized carbons (Fsp3) is 0.500. The van der Waals surface area contributed by atoms with Crippen molar-refractivity contribution in [3.8, 4) is 0 Å². The normalized spacial score (nSPS) is 11.4. The number of nitrogens with two attached hydrogens (primary N) is 1. The second kappa shape index (κ2) is 7.28. The molecule has 0 radical (unpaired) electrons. The van der Waals surface area contributed by atoms with Crippen LogP contribution in [0, 0.1) is 0 Å². The predicted molar refractivity (Wildman–Crippen MR) is 71.3 cm³/mol. The van der Waals surface area contributed by atoms with Gasteiger partial charge in [0.05, 0.1) is 5.56 Å². The van der Waals surface area contributed by atoms with Crippen molar-refractivity contribution in [2.24, 2.45) is 5.73 Å². The van der Waals surface area contributed by atoms with Gasteiger partial charge < -0.3 is 10.6 Å². The summed E-state index contributed by atoms with van der Waals surface area (Å²) in [7, 11) is 1.64. The van der Waals surface area contributed by atoms with Gasteiger partial charge in [0.15, 0.2) is 0 Å². The Bertz CT molecular complexity index is 429. The van der Waals surface area contributed by atoms with Crippen molar-refractivity contribution in [1.82, 2.24) is 4.90 Å². The number of rotatable bonds is 6. The van der Waals surface area contributed by atoms with Crippen molar-refractivity contribution >= 4 is 5.91 Å². The number of benzene rings is 1. The van der Waals surface area contributed by atoms with Crippen molar-refractivity contribution in [3.63, 3.8) is 0 Å². The monoisotopic (exact) mass is 288 g/mol. The number of carbonyl (C=O) groups excluding carboxylic acids is 1. The van der Waals surface area contributed by atoms with E-state index in [2.05, 4.69) is 0 Å². The van der Waals surface area contributed by atoms with E-state index in [9.17, 15) is 18.0 Å². The highest BCUT2D eigenvalue weighted by Crippen LogP contribution is 2.29. The van der Waals surface area contributed by atoms with Crippen molar-refractivity contribution in [1.29, 1.82) is 0 Å². The fourth-order valence-corrected chi connectivity index (χ4v) is 1.79. The van der Waals surface area contributed by atoms with Gasteiger partial charge in [-0.05, 0) is 43.7 Å². The summed E-state index contributed by atoms with van der Waals surface area (Å²) < 4.78 is 37.2. The number of hydrogen-bond acceptors (Lipinski definition) is 2. The lowest BCUT2D eigenvalue weighted by Crippen LogP contribution is -2.27. The van der Waals surface area contributed by atoms with E-state index in [-0.39, 0.29) is 11.5 Å². The highest BCUT2D eigenvalue weighted by Gasteiger charge is 2.30. The topological polar surface area (TPSA) is 46.3 Å². The first-order valence-corrected chi connectivity index (χ1v) is 6.49. The Morgan fingerprint density at radius 2 is 1.75 bits per heavy atom. The molecule has 6 heteroatoms. The summed E-state index contributed by atoms with van der Waals surface area (Å²) in [5, 5.41) is 0. The fourth-order valence-electron chi connectivity index (χ4n) is 1.79. The second-order valence-corrected chi connectivity index (χ2v) is 4.65. The second-order valence-electron chi connectivity index (χ2n) is 4.65. The minimum atomic E-state index is -4.38. The van der Waals surface area contributed by atoms with Gasteiger partial charge in [-0.1, -0.05) is 6.42 Å². The lowest BCUT2D eigenvalue weighted by Gasteiger charge is -2.17. The van der Waals surface area contributed by atoms with Crippen LogP contribution in [0.4, 0.5) is 13.2 Å². The molecule has 0 bridgehead atoms. The van der Waals surface area contributed by atoms with Gasteiger partial charge >= 0.3 is 6.18 Å². The summed E-state index contributed by atoms with van der Waals surface area (Å²) in [5.41, 5.74) is 4.89. The third-order valence-corrected chi connectivity index (χ3v) is 3.00. The lowest BCUT2D eigenvalue weighted by molar-refractivity contribution is -0.137. The van der Waals surface area contributed by atoms with Gasteiger partial charge in [-0.2, -0.15) is 13.2 Å². The lowest BCUT2D eigenvalue weighted by atomic mass is 10.1. The molecule has 0 saturated heterocycles. The first-order valence-electron chi connectivity index (χ1n) is 6.49. The molecule has 2 N–H and O–H groups in total. The third kappa shape index (κ3) is 4.85. The maximum atomic E-state index is 12.4. The largest absolute Gasteiger partial charge is 0.416 e. The summed E-state index contributed by atoms with van der Waals surface area (Å²) in [6, 6.07) is 4.27. The summed E-state index contributed by atoms with van der Waals surface area (Å²) >= 11 is 0. The van der Waals surface area contributed by atoms with Crippen LogP contribution in [0.5, 0.6) is 0 Å². The predicted octanol–water partition coefficient (Wildman–Crippen LogP) is 2.91. The van der Waals surface area contributed by atoms with E-state index in [1.807, 2.05) is 0 Å². The Labute approximate surface area is 116 Å². The molecule has 0 aliphatic heterocycles. The molecule has 0 heterocycles. The van der Waals surface area contributed by atoms with E-state index >= 15 is 0 Å². The average Bonchev–Trinajstić information content (AvgIpc) is 2.41. The van der Waals surface area contributed by atoms with E-state index < -0.39 is 11.7 Å². The number of halogens is 3. The van der Waals surface area contributed by atoms with Gasteiger partial charge in [0.25, 0.3) is 5.91 Å². The van der Waals surface area contributed by atoms with Crippen LogP contribution in [0.15, 0.2) is 24.3 Å². The molecule has 1 rings (SSSR count). The SMILES string of the molecule is CN(CCCCCN)C(=O)c1ccc(C(F)(F)F)cc1. The van der Waals surface area contributed by atoms with Gasteiger partial charge in [-0.3, -0.25) is 4.79 Å². The summed E-state index contributed by atoms with van der Waals surface area (Å²) in [6.45, 7) is 1.19. The van der Waals surface area contributed by atoms with E-state index in [1.165, 1.54) is 17.0 Å². The van der Waals surface area contributed by atoms with Crippen LogP contribution in [-0.2, 0) is 6.18 Å². The quantitative estimate of drug-likeness (QED) is 0.818. The number of hydrogen-bond donors (Lipinski definition) is 1. The van der Waals surface area contributed by atoms with E-state index in [4.69, 9.17) is 5.73 Å². The molecule has 20 heavy (non-hydrogen) atoms. The van der Waals surface area contributed by atoms with Gasteiger partial charge in [-0.25, -0.2) is 0 Å². The van der Waals surface area contributed by atoms with E-state index in [0.717, 1.165) is 31.4 Å². The zero-order chi connectivity index (χ0) is 15.2. The molecule has 0 unspecified atom stereocenters. The van der Waals surface area contributed by atoms with Crippen molar-refractivity contribution in [3.05, 3.63) is 35.4 Å². The standard InChI is InChI=1S/C14H19F3N2O/c1-19(10-4-2-3-9-18)13(20)11-5-7-12(8-6-11)14(15,16)17/h5-8H,2-4,9-10,18H2,1H3. The molecule has 1 aromatic rings. The third-order valence-electron chi connectivity index (χ3n) is 3.00. The van der Waals surface area contributed by atoms with Crippen LogP contribution in [0.2, 0.25) is 0 Å². The smallest absolute Gasteiger partial charge is 0.342 e. The summed E-state index contributed by atoms with van der Waals surface area (Å²) in [4.78, 5) is 13.5. The van der Waals surface area contributed by atoms with E-state index in [1.54, 1.807) is 7.05 Å². The number of nitrogens with zero attached hydrogens (tertiary/aromatic N) is 1. The van der Waals surface area contributed by atoms with Crippen molar-refractivity contribution < 1.29 is 18.0 Å². The molecule has 0 aliphatic rings. The highest BCUT2D eigenvalue weighted by molar-refractivity contribution is 5.94. The molecule has 1 amide bonds. The number of amides is 1. The molecule has 0 aliphatic carbocycles. The van der Waals surface area contributed by atoms with Gasteiger partial charge in [0, 0.05) is 19.2 Å². The van der Waals surface area contributed by atoms with Crippen LogP contribution in [0.25, 0.3) is 0 Å². The van der Waals surface area contributed by atoms with Crippen LogP contribution >= 0.6 is 0 Å². The minimum absolute atomic E-state index is 0.263. The Kier molecular flexibility index (Phi) is 6.01. The highest BCUT2D eigenvalue weighted by atomic mass is 19.4. The van der Waals surface area contributed by atoms with Crippen LogP contribution in [-0.4, -0.2) is 30.9 Å². The van der Waals surface area contributed by atoms with Crippen LogP contribution in [0.3, 0.4) is 0 Å². The molecule has 0 aromatic heterocycles. The number of carbonyl (C=O) groups is 1. The molecular formula is C14H19F3N2O. The zero-order valence-corrected chi connectivity index (χ0v) is 11.4. The Morgan fingerprint density at radius 1 is 1.15 bits per heavy atom. The number of alkyl halides is 3. The van der Waals surface area contributed by atoms with Gasteiger partial charge in [-0.15, -0.1) is 0 Å². The molecular weight excluding hydrogens is 269 g/mol. The molecule has 0 fully saturated rings. The first-order chi connectivity index (χ1) is 9.36. The van der Waals surface area contributed by atoms with Crippen LogP contribution in [0.1, 0.15) is 35.2 Å². The maximum Gasteiger partial charge on any atom is 0.416 e. The molecule has 0 saturated carbocycles. The minimum Gasteiger partial charge on any atom is -0.342 e.